The van der Waals surface area contributed by atoms with Crippen LogP contribution in [-0.4, -0.2) is 36.7 Å². The lowest BCUT2D eigenvalue weighted by Crippen LogP contribution is -2.44. The molecule has 0 saturated heterocycles. The summed E-state index contributed by atoms with van der Waals surface area (Å²) < 4.78 is 4.54. The number of methoxy groups -OCH3 is 1. The van der Waals surface area contributed by atoms with E-state index in [4.69, 9.17) is 5.11 Å². The van der Waals surface area contributed by atoms with Crippen LogP contribution in [0.3, 0.4) is 0 Å². The molecule has 110 valence electrons. The van der Waals surface area contributed by atoms with Crippen molar-refractivity contribution in [3.63, 3.8) is 0 Å². The van der Waals surface area contributed by atoms with Crippen LogP contribution in [0.15, 0.2) is 5.38 Å². The van der Waals surface area contributed by atoms with E-state index < -0.39 is 18.6 Å². The van der Waals surface area contributed by atoms with Crippen LogP contribution < -0.4 is 5.32 Å². The molecule has 1 heterocycles. The highest BCUT2D eigenvalue weighted by Gasteiger charge is 2.26. The van der Waals surface area contributed by atoms with E-state index in [1.807, 2.05) is 5.38 Å². The number of fused-ring (bicyclic) bond motifs is 1. The van der Waals surface area contributed by atoms with Crippen LogP contribution >= 0.6 is 11.3 Å². The van der Waals surface area contributed by atoms with E-state index in [-0.39, 0.29) is 5.91 Å². The largest absolute Gasteiger partial charge is 0.467 e. The molecule has 0 radical (unpaired) electrons. The number of carbonyl (C=O) groups excluding carboxylic acids is 2. The van der Waals surface area contributed by atoms with Gasteiger partial charge >= 0.3 is 5.97 Å². The van der Waals surface area contributed by atoms with E-state index in [0.717, 1.165) is 24.8 Å². The number of nitrogens with one attached hydrogen (secondary N) is 1. The van der Waals surface area contributed by atoms with Crippen molar-refractivity contribution in [3.8, 4) is 0 Å². The quantitative estimate of drug-likeness (QED) is 0.817. The van der Waals surface area contributed by atoms with Gasteiger partial charge in [-0.2, -0.15) is 0 Å². The van der Waals surface area contributed by atoms with Crippen LogP contribution in [0.4, 0.5) is 0 Å². The van der Waals surface area contributed by atoms with Crippen molar-refractivity contribution < 1.29 is 19.4 Å². The van der Waals surface area contributed by atoms with Gasteiger partial charge in [0, 0.05) is 10.3 Å². The number of amides is 1. The number of aliphatic hydroxyl groups is 1. The van der Waals surface area contributed by atoms with Crippen molar-refractivity contribution >= 4 is 23.2 Å². The fourth-order valence-corrected chi connectivity index (χ4v) is 3.67. The minimum absolute atomic E-state index is 0.318. The second-order valence-corrected chi connectivity index (χ2v) is 6.10. The van der Waals surface area contributed by atoms with Crippen molar-refractivity contribution in [3.05, 3.63) is 21.4 Å². The molecule has 1 aliphatic rings. The summed E-state index contributed by atoms with van der Waals surface area (Å²) >= 11 is 1.59. The minimum Gasteiger partial charge on any atom is -0.467 e. The number of hydrogen-bond acceptors (Lipinski definition) is 5. The molecule has 1 amide bonds. The van der Waals surface area contributed by atoms with Crippen LogP contribution in [0.25, 0.3) is 0 Å². The predicted octanol–water partition coefficient (Wildman–Crippen LogP) is 1.14. The van der Waals surface area contributed by atoms with E-state index >= 15 is 0 Å². The average Bonchev–Trinajstić information content (AvgIpc) is 2.86. The van der Waals surface area contributed by atoms with Gasteiger partial charge < -0.3 is 15.2 Å². The summed E-state index contributed by atoms with van der Waals surface area (Å²) in [6.45, 7) is 1.74. The predicted molar refractivity (Wildman–Crippen MR) is 75.9 cm³/mol. The third kappa shape index (κ3) is 3.02. The first kappa shape index (κ1) is 15.0. The van der Waals surface area contributed by atoms with Crippen molar-refractivity contribution in [2.24, 2.45) is 5.92 Å². The zero-order valence-electron chi connectivity index (χ0n) is 11.6. The molecule has 0 aromatic carbocycles. The Morgan fingerprint density at radius 3 is 3.00 bits per heavy atom. The molecular weight excluding hydrogens is 278 g/mol. The van der Waals surface area contributed by atoms with Gasteiger partial charge in [0.15, 0.2) is 6.04 Å². The Labute approximate surface area is 121 Å². The van der Waals surface area contributed by atoms with Crippen LogP contribution in [0, 0.1) is 5.92 Å². The van der Waals surface area contributed by atoms with Crippen molar-refractivity contribution in [1.82, 2.24) is 5.32 Å². The number of rotatable bonds is 4. The molecule has 0 saturated carbocycles. The number of aliphatic hydroxyl groups excluding tert-OH is 1. The van der Waals surface area contributed by atoms with Gasteiger partial charge in [-0.15, -0.1) is 11.3 Å². The van der Waals surface area contributed by atoms with E-state index in [0.29, 0.717) is 11.5 Å². The molecule has 1 aromatic heterocycles. The van der Waals surface area contributed by atoms with Crippen LogP contribution in [0.1, 0.15) is 34.1 Å². The van der Waals surface area contributed by atoms with Gasteiger partial charge in [0.05, 0.1) is 19.3 Å². The van der Waals surface area contributed by atoms with Crippen LogP contribution in [0.5, 0.6) is 0 Å². The Balaban J connectivity index is 2.12. The summed E-state index contributed by atoms with van der Waals surface area (Å²) in [5.41, 5.74) is 1.71. The second-order valence-electron chi connectivity index (χ2n) is 5.13. The highest BCUT2D eigenvalue weighted by molar-refractivity contribution is 7.10. The van der Waals surface area contributed by atoms with Gasteiger partial charge in [-0.1, -0.05) is 6.92 Å². The zero-order chi connectivity index (χ0) is 14.7. The Morgan fingerprint density at radius 1 is 1.60 bits per heavy atom. The second kappa shape index (κ2) is 6.37. The SMILES string of the molecule is COC(=O)[C@H](CO)NC(=O)c1csc2c1CC[C@H](C)C2. The van der Waals surface area contributed by atoms with Gasteiger partial charge in [0.25, 0.3) is 5.91 Å². The zero-order valence-corrected chi connectivity index (χ0v) is 12.5. The van der Waals surface area contributed by atoms with E-state index in [2.05, 4.69) is 17.0 Å². The summed E-state index contributed by atoms with van der Waals surface area (Å²) in [5.74, 6) is -0.308. The molecule has 20 heavy (non-hydrogen) atoms. The van der Waals surface area contributed by atoms with E-state index in [9.17, 15) is 9.59 Å². The molecular formula is C14H19NO4S. The van der Waals surface area contributed by atoms with E-state index in [1.165, 1.54) is 12.0 Å². The number of carbonyl (C=O) groups is 2. The number of ether oxygens (including phenoxy) is 1. The first-order chi connectivity index (χ1) is 9.56. The number of thiophene rings is 1. The Morgan fingerprint density at radius 2 is 2.35 bits per heavy atom. The van der Waals surface area contributed by atoms with E-state index in [1.54, 1.807) is 11.3 Å². The van der Waals surface area contributed by atoms with Crippen molar-refractivity contribution in [2.75, 3.05) is 13.7 Å². The average molecular weight is 297 g/mol. The van der Waals surface area contributed by atoms with Gasteiger partial charge in [-0.25, -0.2) is 4.79 Å². The molecule has 2 rings (SSSR count). The standard InChI is InChI=1S/C14H19NO4S/c1-8-3-4-9-10(7-20-12(9)5-8)13(17)15-11(6-16)14(18)19-2/h7-8,11,16H,3-6H2,1-2H3,(H,15,17)/t8-,11-/m0/s1. The minimum atomic E-state index is -1.01. The molecule has 1 aliphatic carbocycles. The molecule has 2 atom stereocenters. The lowest BCUT2D eigenvalue weighted by molar-refractivity contribution is -0.143. The fourth-order valence-electron chi connectivity index (χ4n) is 2.43. The molecule has 5 nitrogen and oxygen atoms in total. The van der Waals surface area contributed by atoms with Crippen molar-refractivity contribution in [2.45, 2.75) is 32.2 Å². The Kier molecular flexibility index (Phi) is 4.77. The molecule has 0 unspecified atom stereocenters. The lowest BCUT2D eigenvalue weighted by atomic mass is 9.88. The monoisotopic (exact) mass is 297 g/mol. The Hall–Kier alpha value is -1.40. The number of hydrogen-bond donors (Lipinski definition) is 2. The molecule has 0 bridgehead atoms. The molecule has 6 heteroatoms. The maximum atomic E-state index is 12.2. The summed E-state index contributed by atoms with van der Waals surface area (Å²) in [4.78, 5) is 24.9. The third-order valence-electron chi connectivity index (χ3n) is 3.62. The highest BCUT2D eigenvalue weighted by atomic mass is 32.1. The molecule has 2 N–H and O–H groups in total. The van der Waals surface area contributed by atoms with Crippen molar-refractivity contribution in [1.29, 1.82) is 0 Å². The topological polar surface area (TPSA) is 75.6 Å². The first-order valence-electron chi connectivity index (χ1n) is 6.65. The summed E-state index contributed by atoms with van der Waals surface area (Å²) in [6, 6.07) is -1.01. The van der Waals surface area contributed by atoms with Gasteiger partial charge in [-0.05, 0) is 30.7 Å². The third-order valence-corrected chi connectivity index (χ3v) is 4.67. The van der Waals surface area contributed by atoms with Gasteiger partial charge in [0.2, 0.25) is 0 Å². The normalized spacial score (nSPS) is 19.1. The molecule has 0 fully saturated rings. The van der Waals surface area contributed by atoms with Crippen LogP contribution in [-0.2, 0) is 22.4 Å². The van der Waals surface area contributed by atoms with Gasteiger partial charge in [0.1, 0.15) is 0 Å². The number of esters is 1. The highest BCUT2D eigenvalue weighted by Crippen LogP contribution is 2.32. The lowest BCUT2D eigenvalue weighted by Gasteiger charge is -2.19. The van der Waals surface area contributed by atoms with Crippen LogP contribution in [0.2, 0.25) is 0 Å². The summed E-state index contributed by atoms with van der Waals surface area (Å²) in [5, 5.41) is 13.5. The maximum Gasteiger partial charge on any atom is 0.330 e. The summed E-state index contributed by atoms with van der Waals surface area (Å²) in [7, 11) is 1.23. The van der Waals surface area contributed by atoms with Gasteiger partial charge in [-0.3, -0.25) is 4.79 Å². The Bertz CT molecular complexity index is 511. The fraction of sp³-hybridized carbons (Fsp3) is 0.571. The molecule has 1 aromatic rings. The first-order valence-corrected chi connectivity index (χ1v) is 7.53. The smallest absolute Gasteiger partial charge is 0.330 e. The molecule has 0 aliphatic heterocycles. The maximum absolute atomic E-state index is 12.2. The summed E-state index contributed by atoms with van der Waals surface area (Å²) in [6.07, 6.45) is 2.98. The molecule has 0 spiro atoms.